The molecule has 108 valence electrons. The summed E-state index contributed by atoms with van der Waals surface area (Å²) in [4.78, 5) is 0. The zero-order chi connectivity index (χ0) is 15.4. The van der Waals surface area contributed by atoms with Gasteiger partial charge in [-0.2, -0.15) is 5.26 Å². The van der Waals surface area contributed by atoms with Crippen molar-refractivity contribution in [2.24, 2.45) is 0 Å². The summed E-state index contributed by atoms with van der Waals surface area (Å²) in [5, 5.41) is 8.96. The van der Waals surface area contributed by atoms with E-state index in [4.69, 9.17) is 20.5 Å². The topological polar surface area (TPSA) is 68.3 Å². The summed E-state index contributed by atoms with van der Waals surface area (Å²) in [6, 6.07) is 11.3. The highest BCUT2D eigenvalue weighted by molar-refractivity contribution is 5.49. The predicted molar refractivity (Wildman–Crippen MR) is 82.4 cm³/mol. The Labute approximate surface area is 124 Å². The summed E-state index contributed by atoms with van der Waals surface area (Å²) >= 11 is 0. The van der Waals surface area contributed by atoms with Crippen molar-refractivity contribution in [3.05, 3.63) is 52.6 Å². The number of benzene rings is 2. The summed E-state index contributed by atoms with van der Waals surface area (Å²) in [5.74, 6) is 1.51. The van der Waals surface area contributed by atoms with Crippen LogP contribution < -0.4 is 15.2 Å². The third-order valence-electron chi connectivity index (χ3n) is 3.27. The molecule has 0 aromatic heterocycles. The smallest absolute Gasteiger partial charge is 0.127 e. The van der Waals surface area contributed by atoms with Crippen molar-refractivity contribution in [3.63, 3.8) is 0 Å². The van der Waals surface area contributed by atoms with Crippen molar-refractivity contribution >= 4 is 5.69 Å². The maximum absolute atomic E-state index is 8.96. The SMILES string of the molecule is COc1cc(N)ccc1COc1c(C)cc(C#N)cc1C. The average molecular weight is 282 g/mol. The largest absolute Gasteiger partial charge is 0.496 e. The number of hydrogen-bond acceptors (Lipinski definition) is 4. The van der Waals surface area contributed by atoms with Crippen LogP contribution in [0.2, 0.25) is 0 Å². The minimum atomic E-state index is 0.386. The summed E-state index contributed by atoms with van der Waals surface area (Å²) < 4.78 is 11.2. The second kappa shape index (κ2) is 6.19. The van der Waals surface area contributed by atoms with Gasteiger partial charge in [-0.15, -0.1) is 0 Å². The van der Waals surface area contributed by atoms with Crippen LogP contribution in [0.5, 0.6) is 11.5 Å². The molecule has 2 N–H and O–H groups in total. The first-order valence-electron chi connectivity index (χ1n) is 6.61. The molecule has 0 radical (unpaired) electrons. The number of methoxy groups -OCH3 is 1. The van der Waals surface area contributed by atoms with Crippen molar-refractivity contribution in [1.82, 2.24) is 0 Å². The summed E-state index contributed by atoms with van der Waals surface area (Å²) in [5.41, 5.74) is 9.85. The molecular formula is C17H18N2O2. The van der Waals surface area contributed by atoms with Gasteiger partial charge in [-0.3, -0.25) is 0 Å². The molecule has 0 saturated carbocycles. The summed E-state index contributed by atoms with van der Waals surface area (Å²) in [7, 11) is 1.61. The number of nitrogens with two attached hydrogens (primary N) is 1. The van der Waals surface area contributed by atoms with E-state index in [-0.39, 0.29) is 0 Å². The predicted octanol–water partition coefficient (Wildman–Crippen LogP) is 3.34. The van der Waals surface area contributed by atoms with Crippen LogP contribution in [0.1, 0.15) is 22.3 Å². The van der Waals surface area contributed by atoms with E-state index in [1.807, 2.05) is 38.1 Å². The lowest BCUT2D eigenvalue weighted by Gasteiger charge is -2.14. The molecule has 2 rings (SSSR count). The third kappa shape index (κ3) is 3.26. The van der Waals surface area contributed by atoms with Gasteiger partial charge in [0, 0.05) is 17.3 Å². The van der Waals surface area contributed by atoms with Gasteiger partial charge in [-0.1, -0.05) is 0 Å². The maximum Gasteiger partial charge on any atom is 0.127 e. The van der Waals surface area contributed by atoms with Crippen LogP contribution in [0.25, 0.3) is 0 Å². The molecule has 21 heavy (non-hydrogen) atoms. The Morgan fingerprint density at radius 3 is 2.38 bits per heavy atom. The number of ether oxygens (including phenoxy) is 2. The van der Waals surface area contributed by atoms with Crippen molar-refractivity contribution in [2.45, 2.75) is 20.5 Å². The molecule has 2 aromatic rings. The lowest BCUT2D eigenvalue weighted by atomic mass is 10.1. The highest BCUT2D eigenvalue weighted by Gasteiger charge is 2.09. The van der Waals surface area contributed by atoms with Gasteiger partial charge in [0.15, 0.2) is 0 Å². The molecule has 0 atom stereocenters. The van der Waals surface area contributed by atoms with E-state index in [1.165, 1.54) is 0 Å². The molecule has 0 aliphatic carbocycles. The number of hydrogen-bond donors (Lipinski definition) is 1. The molecule has 0 amide bonds. The average Bonchev–Trinajstić information content (AvgIpc) is 2.47. The molecule has 4 nitrogen and oxygen atoms in total. The number of rotatable bonds is 4. The summed E-state index contributed by atoms with van der Waals surface area (Å²) in [6.45, 7) is 4.25. The quantitative estimate of drug-likeness (QED) is 0.873. The fraction of sp³-hybridized carbons (Fsp3) is 0.235. The van der Waals surface area contributed by atoms with Crippen molar-refractivity contribution in [1.29, 1.82) is 5.26 Å². The molecule has 0 spiro atoms. The minimum absolute atomic E-state index is 0.386. The van der Waals surface area contributed by atoms with Crippen LogP contribution >= 0.6 is 0 Å². The Balaban J connectivity index is 2.23. The lowest BCUT2D eigenvalue weighted by Crippen LogP contribution is -2.02. The van der Waals surface area contributed by atoms with Crippen molar-refractivity contribution < 1.29 is 9.47 Å². The Morgan fingerprint density at radius 1 is 1.14 bits per heavy atom. The standard InChI is InChI=1S/C17H18N2O2/c1-11-6-13(9-18)7-12(2)17(11)21-10-14-4-5-15(19)8-16(14)20-3/h4-8H,10,19H2,1-3H3. The van der Waals surface area contributed by atoms with E-state index < -0.39 is 0 Å². The number of nitrogen functional groups attached to an aromatic ring is 1. The van der Waals surface area contributed by atoms with Crippen molar-refractivity contribution in [3.8, 4) is 17.6 Å². The normalized spacial score (nSPS) is 10.0. The first-order chi connectivity index (χ1) is 10.0. The van der Waals surface area contributed by atoms with Crippen LogP contribution in [0.15, 0.2) is 30.3 Å². The first-order valence-corrected chi connectivity index (χ1v) is 6.61. The van der Waals surface area contributed by atoms with Gasteiger partial charge in [0.05, 0.1) is 18.7 Å². The number of anilines is 1. The number of nitriles is 1. The molecule has 0 heterocycles. The van der Waals surface area contributed by atoms with Gasteiger partial charge in [-0.05, 0) is 49.2 Å². The molecule has 0 bridgehead atoms. The van der Waals surface area contributed by atoms with E-state index >= 15 is 0 Å². The first kappa shape index (κ1) is 14.7. The lowest BCUT2D eigenvalue weighted by molar-refractivity contribution is 0.293. The number of aryl methyl sites for hydroxylation is 2. The van der Waals surface area contributed by atoms with Gasteiger partial charge in [0.1, 0.15) is 18.1 Å². The highest BCUT2D eigenvalue weighted by Crippen LogP contribution is 2.28. The molecule has 0 fully saturated rings. The van der Waals surface area contributed by atoms with E-state index in [0.29, 0.717) is 23.6 Å². The molecule has 0 aliphatic rings. The van der Waals surface area contributed by atoms with Crippen LogP contribution in [-0.2, 0) is 6.61 Å². The Hall–Kier alpha value is -2.67. The van der Waals surface area contributed by atoms with Crippen LogP contribution in [-0.4, -0.2) is 7.11 Å². The molecule has 0 saturated heterocycles. The van der Waals surface area contributed by atoms with E-state index in [1.54, 1.807) is 13.2 Å². The second-order valence-electron chi connectivity index (χ2n) is 4.91. The fourth-order valence-corrected chi connectivity index (χ4v) is 2.27. The van der Waals surface area contributed by atoms with E-state index in [9.17, 15) is 0 Å². The van der Waals surface area contributed by atoms with Crippen LogP contribution in [0.4, 0.5) is 5.69 Å². The zero-order valence-corrected chi connectivity index (χ0v) is 12.4. The zero-order valence-electron chi connectivity index (χ0n) is 12.4. The number of nitrogens with zero attached hydrogens (tertiary/aromatic N) is 1. The molecule has 0 unspecified atom stereocenters. The van der Waals surface area contributed by atoms with Gasteiger partial charge in [0.2, 0.25) is 0 Å². The highest BCUT2D eigenvalue weighted by atomic mass is 16.5. The Kier molecular flexibility index (Phi) is 4.34. The van der Waals surface area contributed by atoms with Crippen LogP contribution in [0, 0.1) is 25.2 Å². The molecule has 0 aliphatic heterocycles. The molecule has 2 aromatic carbocycles. The van der Waals surface area contributed by atoms with Gasteiger partial charge in [0.25, 0.3) is 0 Å². The van der Waals surface area contributed by atoms with E-state index in [2.05, 4.69) is 6.07 Å². The Morgan fingerprint density at radius 2 is 1.81 bits per heavy atom. The molecule has 4 heteroatoms. The fourth-order valence-electron chi connectivity index (χ4n) is 2.27. The molecular weight excluding hydrogens is 264 g/mol. The second-order valence-corrected chi connectivity index (χ2v) is 4.91. The monoisotopic (exact) mass is 282 g/mol. The summed E-state index contributed by atoms with van der Waals surface area (Å²) in [6.07, 6.45) is 0. The van der Waals surface area contributed by atoms with Gasteiger partial charge < -0.3 is 15.2 Å². The van der Waals surface area contributed by atoms with Crippen LogP contribution in [0.3, 0.4) is 0 Å². The minimum Gasteiger partial charge on any atom is -0.496 e. The Bertz CT molecular complexity index is 679. The van der Waals surface area contributed by atoms with E-state index in [0.717, 1.165) is 22.4 Å². The van der Waals surface area contributed by atoms with Gasteiger partial charge in [-0.25, -0.2) is 0 Å². The maximum atomic E-state index is 8.96. The van der Waals surface area contributed by atoms with Crippen molar-refractivity contribution in [2.75, 3.05) is 12.8 Å². The third-order valence-corrected chi connectivity index (χ3v) is 3.27. The van der Waals surface area contributed by atoms with Gasteiger partial charge >= 0.3 is 0 Å².